The van der Waals surface area contributed by atoms with Crippen LogP contribution in [0.25, 0.3) is 0 Å². The number of carboxylic acid groups (broad SMARTS) is 1. The molecule has 106 valence electrons. The summed E-state index contributed by atoms with van der Waals surface area (Å²) < 4.78 is 25.7. The first-order chi connectivity index (χ1) is 8.65. The number of aromatic nitrogens is 2. The minimum atomic E-state index is -4.01. The molecule has 0 aliphatic carbocycles. The SMILES string of the molecule is Cc1[nH]nc(S(=O)(=O)N2CCC(C)(O)C2)c1C(=O)O. The Morgan fingerprint density at radius 3 is 2.63 bits per heavy atom. The number of aliphatic hydroxyl groups is 1. The maximum absolute atomic E-state index is 12.3. The maximum Gasteiger partial charge on any atom is 0.340 e. The Kier molecular flexibility index (Phi) is 3.15. The predicted molar refractivity (Wildman–Crippen MR) is 64.3 cm³/mol. The van der Waals surface area contributed by atoms with Crippen LogP contribution in [0.4, 0.5) is 0 Å². The zero-order valence-electron chi connectivity index (χ0n) is 10.5. The molecule has 0 bridgehead atoms. The molecule has 2 rings (SSSR count). The van der Waals surface area contributed by atoms with E-state index in [9.17, 15) is 18.3 Å². The molecule has 2 heterocycles. The third-order valence-electron chi connectivity index (χ3n) is 3.13. The number of nitrogens with one attached hydrogen (secondary N) is 1. The summed E-state index contributed by atoms with van der Waals surface area (Å²) in [5.41, 5.74) is -1.27. The summed E-state index contributed by atoms with van der Waals surface area (Å²) in [6, 6.07) is 0. The van der Waals surface area contributed by atoms with Gasteiger partial charge in [0.15, 0.2) is 0 Å². The number of nitrogens with zero attached hydrogens (tertiary/aromatic N) is 2. The van der Waals surface area contributed by atoms with Crippen molar-refractivity contribution in [1.29, 1.82) is 0 Å². The lowest BCUT2D eigenvalue weighted by atomic mass is 10.1. The number of β-amino-alcohol motifs (C(OH)–C–C–N with tert-alkyl or cyclic N) is 1. The highest BCUT2D eigenvalue weighted by Crippen LogP contribution is 2.28. The molecular weight excluding hydrogens is 274 g/mol. The molecule has 0 aromatic carbocycles. The fraction of sp³-hybridized carbons (Fsp3) is 0.600. The van der Waals surface area contributed by atoms with Gasteiger partial charge in [0, 0.05) is 18.8 Å². The fourth-order valence-electron chi connectivity index (χ4n) is 2.08. The minimum absolute atomic E-state index is 0.0691. The smallest absolute Gasteiger partial charge is 0.340 e. The van der Waals surface area contributed by atoms with Crippen LogP contribution in [0.3, 0.4) is 0 Å². The highest BCUT2D eigenvalue weighted by molar-refractivity contribution is 7.89. The monoisotopic (exact) mass is 289 g/mol. The molecule has 1 saturated heterocycles. The number of carbonyl (C=O) groups is 1. The molecule has 0 radical (unpaired) electrons. The molecular formula is C10H15N3O5S. The van der Waals surface area contributed by atoms with E-state index in [-0.39, 0.29) is 24.3 Å². The van der Waals surface area contributed by atoms with Crippen LogP contribution in [0.5, 0.6) is 0 Å². The van der Waals surface area contributed by atoms with Gasteiger partial charge in [0.05, 0.1) is 5.60 Å². The number of aryl methyl sites for hydroxylation is 1. The normalized spacial score (nSPS) is 24.8. The van der Waals surface area contributed by atoms with E-state index in [0.717, 1.165) is 4.31 Å². The maximum atomic E-state index is 12.3. The van der Waals surface area contributed by atoms with Gasteiger partial charge in [0.2, 0.25) is 5.03 Å². The number of aromatic carboxylic acids is 1. The van der Waals surface area contributed by atoms with Gasteiger partial charge in [-0.2, -0.15) is 9.40 Å². The third kappa shape index (κ3) is 2.36. The second kappa shape index (κ2) is 4.29. The summed E-state index contributed by atoms with van der Waals surface area (Å²) in [4.78, 5) is 11.1. The summed E-state index contributed by atoms with van der Waals surface area (Å²) in [6.07, 6.45) is 0.304. The molecule has 1 atom stereocenters. The van der Waals surface area contributed by atoms with Gasteiger partial charge in [-0.25, -0.2) is 13.2 Å². The van der Waals surface area contributed by atoms with Crippen molar-refractivity contribution < 1.29 is 23.4 Å². The van der Waals surface area contributed by atoms with Crippen LogP contribution in [-0.2, 0) is 10.0 Å². The minimum Gasteiger partial charge on any atom is -0.478 e. The van der Waals surface area contributed by atoms with E-state index in [1.165, 1.54) is 13.8 Å². The summed E-state index contributed by atoms with van der Waals surface area (Å²) in [7, 11) is -4.01. The van der Waals surface area contributed by atoms with Gasteiger partial charge in [0.25, 0.3) is 10.0 Å². The van der Waals surface area contributed by atoms with Crippen molar-refractivity contribution in [2.75, 3.05) is 13.1 Å². The number of sulfonamides is 1. The van der Waals surface area contributed by atoms with Gasteiger partial charge >= 0.3 is 5.97 Å². The van der Waals surface area contributed by atoms with Crippen molar-refractivity contribution in [3.63, 3.8) is 0 Å². The Morgan fingerprint density at radius 1 is 1.53 bits per heavy atom. The lowest BCUT2D eigenvalue weighted by Gasteiger charge is -2.18. The molecule has 1 fully saturated rings. The van der Waals surface area contributed by atoms with Crippen molar-refractivity contribution in [2.24, 2.45) is 0 Å². The number of hydrogen-bond acceptors (Lipinski definition) is 5. The summed E-state index contributed by atoms with van der Waals surface area (Å²) >= 11 is 0. The van der Waals surface area contributed by atoms with Crippen LogP contribution in [0.2, 0.25) is 0 Å². The number of aromatic amines is 1. The van der Waals surface area contributed by atoms with E-state index in [1.54, 1.807) is 0 Å². The standard InChI is InChI=1S/C10H15N3O5S/c1-6-7(9(14)15)8(12-11-6)19(17,18)13-4-3-10(2,16)5-13/h16H,3-5H2,1-2H3,(H,11,12)(H,14,15). The molecule has 1 aromatic heterocycles. The molecule has 1 unspecified atom stereocenters. The summed E-state index contributed by atoms with van der Waals surface area (Å²) in [5.74, 6) is -1.35. The van der Waals surface area contributed by atoms with E-state index in [1.807, 2.05) is 0 Å². The first-order valence-electron chi connectivity index (χ1n) is 5.66. The zero-order chi connectivity index (χ0) is 14.4. The van der Waals surface area contributed by atoms with E-state index in [0.29, 0.717) is 6.42 Å². The first kappa shape index (κ1) is 14.0. The average molecular weight is 289 g/mol. The molecule has 0 spiro atoms. The van der Waals surface area contributed by atoms with Gasteiger partial charge in [0.1, 0.15) is 5.56 Å². The molecule has 8 nitrogen and oxygen atoms in total. The lowest BCUT2D eigenvalue weighted by molar-refractivity contribution is 0.0691. The second-order valence-electron chi connectivity index (χ2n) is 4.92. The Labute approximate surface area is 110 Å². The molecule has 0 amide bonds. The molecule has 9 heteroatoms. The van der Waals surface area contributed by atoms with Crippen LogP contribution in [0.1, 0.15) is 29.4 Å². The largest absolute Gasteiger partial charge is 0.478 e. The number of hydrogen-bond donors (Lipinski definition) is 3. The van der Waals surface area contributed by atoms with Crippen molar-refractivity contribution in [3.8, 4) is 0 Å². The highest BCUT2D eigenvalue weighted by Gasteiger charge is 2.41. The molecule has 1 aliphatic rings. The molecule has 19 heavy (non-hydrogen) atoms. The average Bonchev–Trinajstić information content (AvgIpc) is 2.81. The van der Waals surface area contributed by atoms with Crippen LogP contribution >= 0.6 is 0 Å². The third-order valence-corrected chi connectivity index (χ3v) is 4.90. The summed E-state index contributed by atoms with van der Waals surface area (Å²) in [5, 5.41) is 24.3. The van der Waals surface area contributed by atoms with E-state index >= 15 is 0 Å². The molecule has 1 aromatic rings. The van der Waals surface area contributed by atoms with Crippen LogP contribution < -0.4 is 0 Å². The lowest BCUT2D eigenvalue weighted by Crippen LogP contribution is -2.34. The Bertz CT molecular complexity index is 619. The second-order valence-corrected chi connectivity index (χ2v) is 6.77. The molecule has 0 saturated carbocycles. The van der Waals surface area contributed by atoms with Crippen molar-refractivity contribution in [1.82, 2.24) is 14.5 Å². The predicted octanol–water partition coefficient (Wildman–Crippen LogP) is -0.438. The van der Waals surface area contributed by atoms with Crippen LogP contribution in [-0.4, -0.2) is 57.8 Å². The van der Waals surface area contributed by atoms with Gasteiger partial charge in [-0.15, -0.1) is 0 Å². The Morgan fingerprint density at radius 2 is 2.16 bits per heavy atom. The number of rotatable bonds is 3. The van der Waals surface area contributed by atoms with Crippen molar-refractivity contribution >= 4 is 16.0 Å². The number of carboxylic acids is 1. The van der Waals surface area contributed by atoms with E-state index in [4.69, 9.17) is 5.11 Å². The van der Waals surface area contributed by atoms with Crippen LogP contribution in [0.15, 0.2) is 5.03 Å². The fourth-order valence-corrected chi connectivity index (χ4v) is 3.76. The zero-order valence-corrected chi connectivity index (χ0v) is 11.4. The number of H-pyrrole nitrogens is 1. The van der Waals surface area contributed by atoms with Crippen molar-refractivity contribution in [3.05, 3.63) is 11.3 Å². The van der Waals surface area contributed by atoms with Crippen molar-refractivity contribution in [2.45, 2.75) is 30.9 Å². The van der Waals surface area contributed by atoms with Gasteiger partial charge in [-0.3, -0.25) is 5.10 Å². The van der Waals surface area contributed by atoms with Gasteiger partial charge < -0.3 is 10.2 Å². The van der Waals surface area contributed by atoms with E-state index in [2.05, 4.69) is 10.2 Å². The van der Waals surface area contributed by atoms with Gasteiger partial charge in [-0.05, 0) is 20.3 Å². The quantitative estimate of drug-likeness (QED) is 0.693. The van der Waals surface area contributed by atoms with E-state index < -0.39 is 26.6 Å². The first-order valence-corrected chi connectivity index (χ1v) is 7.10. The molecule has 3 N–H and O–H groups in total. The Balaban J connectivity index is 2.44. The van der Waals surface area contributed by atoms with Gasteiger partial charge in [-0.1, -0.05) is 0 Å². The Hall–Kier alpha value is -1.45. The van der Waals surface area contributed by atoms with Crippen LogP contribution in [0, 0.1) is 6.92 Å². The topological polar surface area (TPSA) is 124 Å². The molecule has 1 aliphatic heterocycles. The summed E-state index contributed by atoms with van der Waals surface area (Å²) in [6.45, 7) is 3.05. The highest BCUT2D eigenvalue weighted by atomic mass is 32.2.